The van der Waals surface area contributed by atoms with Crippen molar-refractivity contribution in [1.29, 1.82) is 0 Å². The second kappa shape index (κ2) is 10.8. The smallest absolute Gasteiger partial charge is 0.159 e. The van der Waals surface area contributed by atoms with Gasteiger partial charge in [-0.1, -0.05) is 30.3 Å². The van der Waals surface area contributed by atoms with E-state index in [0.717, 1.165) is 62.8 Å². The summed E-state index contributed by atoms with van der Waals surface area (Å²) < 4.78 is 0. The van der Waals surface area contributed by atoms with Crippen LogP contribution in [0, 0.1) is 0 Å². The molecule has 2 aromatic carbocycles. The lowest BCUT2D eigenvalue weighted by Gasteiger charge is -2.37. The van der Waals surface area contributed by atoms with Gasteiger partial charge in [-0.25, -0.2) is 4.79 Å². The van der Waals surface area contributed by atoms with Gasteiger partial charge in [-0.3, -0.25) is 9.80 Å². The third kappa shape index (κ3) is 6.02. The summed E-state index contributed by atoms with van der Waals surface area (Å²) in [6, 6.07) is 18.2. The average molecular weight is 446 g/mol. The van der Waals surface area contributed by atoms with Gasteiger partial charge >= 0.3 is 0 Å². The lowest BCUT2D eigenvalue weighted by molar-refractivity contribution is 0.101. The highest BCUT2D eigenvalue weighted by atomic mass is 16.1. The van der Waals surface area contributed by atoms with Gasteiger partial charge in [0.1, 0.15) is 24.6 Å². The maximum atomic E-state index is 11.7. The Labute approximate surface area is 195 Å². The van der Waals surface area contributed by atoms with E-state index in [1.807, 2.05) is 41.7 Å². The van der Waals surface area contributed by atoms with Crippen LogP contribution in [0.1, 0.15) is 29.3 Å². The van der Waals surface area contributed by atoms with Crippen molar-refractivity contribution in [2.45, 2.75) is 19.8 Å². The number of rotatable bonds is 9. The molecule has 0 aromatic heterocycles. The zero-order valence-corrected chi connectivity index (χ0v) is 19.2. The van der Waals surface area contributed by atoms with E-state index in [9.17, 15) is 9.59 Å². The molecule has 0 aliphatic carbocycles. The number of ketones is 1. The van der Waals surface area contributed by atoms with Crippen molar-refractivity contribution >= 4 is 23.8 Å². The molecule has 172 valence electrons. The second-order valence-corrected chi connectivity index (χ2v) is 8.53. The van der Waals surface area contributed by atoms with Gasteiger partial charge in [0, 0.05) is 56.9 Å². The molecule has 0 spiro atoms. The Kier molecular flexibility index (Phi) is 7.43. The maximum absolute atomic E-state index is 11.7. The van der Waals surface area contributed by atoms with Crippen LogP contribution in [0.25, 0.3) is 0 Å². The average Bonchev–Trinajstić information content (AvgIpc) is 3.32. The first-order chi connectivity index (χ1) is 16.1. The van der Waals surface area contributed by atoms with Gasteiger partial charge in [0.05, 0.1) is 0 Å². The van der Waals surface area contributed by atoms with Crippen LogP contribution in [0.3, 0.4) is 0 Å². The molecule has 0 N–H and O–H groups in total. The largest absolute Gasteiger partial charge is 0.368 e. The van der Waals surface area contributed by atoms with E-state index in [0.29, 0.717) is 13.0 Å². The molecule has 0 bridgehead atoms. The summed E-state index contributed by atoms with van der Waals surface area (Å²) in [6.45, 7) is 7.20. The van der Waals surface area contributed by atoms with Gasteiger partial charge in [-0.15, -0.1) is 0 Å². The van der Waals surface area contributed by atoms with Crippen molar-refractivity contribution in [3.8, 4) is 0 Å². The molecule has 1 saturated heterocycles. The molecule has 0 amide bonds. The first kappa shape index (κ1) is 22.6. The number of Topliss-reactive ketones (excluding diaryl/α,β-unsaturated/α-hetero) is 1. The fourth-order valence-electron chi connectivity index (χ4n) is 4.25. The molecule has 2 aromatic rings. The molecular formula is C26H31N5O2. The molecule has 7 nitrogen and oxygen atoms in total. The van der Waals surface area contributed by atoms with Gasteiger partial charge in [0.15, 0.2) is 5.78 Å². The summed E-state index contributed by atoms with van der Waals surface area (Å²) in [7, 11) is 0. The zero-order valence-electron chi connectivity index (χ0n) is 19.2. The highest BCUT2D eigenvalue weighted by Gasteiger charge is 2.21. The van der Waals surface area contributed by atoms with Gasteiger partial charge in [-0.2, -0.15) is 5.10 Å². The van der Waals surface area contributed by atoms with Crippen LogP contribution in [-0.4, -0.2) is 78.8 Å². The van der Waals surface area contributed by atoms with Crippen LogP contribution in [0.4, 0.5) is 5.69 Å². The van der Waals surface area contributed by atoms with Gasteiger partial charge in [0.2, 0.25) is 0 Å². The molecule has 4 rings (SSSR count). The Morgan fingerprint density at radius 1 is 0.970 bits per heavy atom. The maximum Gasteiger partial charge on any atom is 0.159 e. The summed E-state index contributed by atoms with van der Waals surface area (Å²) >= 11 is 0. The van der Waals surface area contributed by atoms with Gasteiger partial charge < -0.3 is 14.7 Å². The van der Waals surface area contributed by atoms with E-state index < -0.39 is 0 Å². The van der Waals surface area contributed by atoms with E-state index in [-0.39, 0.29) is 5.78 Å². The summed E-state index contributed by atoms with van der Waals surface area (Å²) in [5.74, 6) is 2.25. The monoisotopic (exact) mass is 445 g/mol. The summed E-state index contributed by atoms with van der Waals surface area (Å²) in [5.41, 5.74) is 3.88. The van der Waals surface area contributed by atoms with E-state index >= 15 is 0 Å². The SMILES string of the molecule is CC(=O)c1ccc(N2CCN(C(=C=O)CCN3CN(CCc4ccccc4)C=N3)CC2)cc1. The standard InChI is InChI=1S/C26H31N5O2/c1-22(33)24-7-9-25(10-8-24)29-15-17-30(18-16-29)26(19-32)12-14-31-21-28(20-27-31)13-11-23-5-3-2-4-6-23/h2-10,20H,11-18,21H2,1H3. The van der Waals surface area contributed by atoms with Crippen molar-refractivity contribution in [2.75, 3.05) is 50.8 Å². The number of carbonyl (C=O) groups excluding carboxylic acids is 2. The highest BCUT2D eigenvalue weighted by molar-refractivity contribution is 5.94. The summed E-state index contributed by atoms with van der Waals surface area (Å²) in [6.07, 6.45) is 3.52. The molecule has 0 radical (unpaired) electrons. The Hall–Kier alpha value is -3.57. The first-order valence-electron chi connectivity index (χ1n) is 11.5. The number of carbonyl (C=O) groups is 1. The number of hydrazone groups is 1. The number of nitrogens with zero attached hydrogens (tertiary/aromatic N) is 5. The lowest BCUT2D eigenvalue weighted by atomic mass is 10.1. The summed E-state index contributed by atoms with van der Waals surface area (Å²) in [4.78, 5) is 29.8. The minimum atomic E-state index is 0.0776. The number of hydrogen-bond acceptors (Lipinski definition) is 7. The molecule has 2 aliphatic heterocycles. The minimum absolute atomic E-state index is 0.0776. The Morgan fingerprint density at radius 2 is 1.70 bits per heavy atom. The minimum Gasteiger partial charge on any atom is -0.368 e. The Bertz CT molecular complexity index is 1010. The zero-order chi connectivity index (χ0) is 23.0. The van der Waals surface area contributed by atoms with Crippen molar-refractivity contribution in [1.82, 2.24) is 14.8 Å². The fraction of sp³-hybridized carbons (Fsp3) is 0.385. The quantitative estimate of drug-likeness (QED) is 0.437. The number of anilines is 1. The fourth-order valence-corrected chi connectivity index (χ4v) is 4.25. The molecule has 2 aliphatic rings. The van der Waals surface area contributed by atoms with Crippen LogP contribution >= 0.6 is 0 Å². The van der Waals surface area contributed by atoms with E-state index in [1.54, 1.807) is 6.92 Å². The van der Waals surface area contributed by atoms with Crippen molar-refractivity contribution < 1.29 is 9.59 Å². The molecule has 7 heteroatoms. The number of hydrogen-bond donors (Lipinski definition) is 0. The van der Waals surface area contributed by atoms with E-state index in [4.69, 9.17) is 0 Å². The van der Waals surface area contributed by atoms with Crippen molar-refractivity contribution in [3.05, 3.63) is 71.4 Å². The molecule has 0 atom stereocenters. The first-order valence-corrected chi connectivity index (χ1v) is 11.5. The van der Waals surface area contributed by atoms with Gasteiger partial charge in [0.25, 0.3) is 0 Å². The second-order valence-electron chi connectivity index (χ2n) is 8.53. The van der Waals surface area contributed by atoms with Crippen LogP contribution in [0.5, 0.6) is 0 Å². The highest BCUT2D eigenvalue weighted by Crippen LogP contribution is 2.20. The lowest BCUT2D eigenvalue weighted by Crippen LogP contribution is -2.46. The van der Waals surface area contributed by atoms with Crippen molar-refractivity contribution in [3.63, 3.8) is 0 Å². The normalized spacial score (nSPS) is 15.7. The van der Waals surface area contributed by atoms with Crippen LogP contribution in [-0.2, 0) is 11.2 Å². The van der Waals surface area contributed by atoms with E-state index in [1.165, 1.54) is 5.56 Å². The Balaban J connectivity index is 1.20. The molecule has 1 fully saturated rings. The molecule has 33 heavy (non-hydrogen) atoms. The molecule has 2 heterocycles. The predicted molar refractivity (Wildman–Crippen MR) is 131 cm³/mol. The number of benzene rings is 2. The predicted octanol–water partition coefficient (Wildman–Crippen LogP) is 2.88. The van der Waals surface area contributed by atoms with Crippen LogP contribution < -0.4 is 4.90 Å². The van der Waals surface area contributed by atoms with Gasteiger partial charge in [-0.05, 0) is 43.2 Å². The topological polar surface area (TPSA) is 59.5 Å². The number of piperazine rings is 1. The van der Waals surface area contributed by atoms with Crippen LogP contribution in [0.15, 0.2) is 65.4 Å². The van der Waals surface area contributed by atoms with Crippen molar-refractivity contribution in [2.24, 2.45) is 5.10 Å². The molecule has 0 saturated carbocycles. The third-order valence-corrected chi connectivity index (χ3v) is 6.28. The third-order valence-electron chi connectivity index (χ3n) is 6.28. The van der Waals surface area contributed by atoms with E-state index in [2.05, 4.69) is 50.0 Å². The molecule has 0 unspecified atom stereocenters. The summed E-state index contributed by atoms with van der Waals surface area (Å²) in [5, 5.41) is 6.50. The Morgan fingerprint density at radius 3 is 2.36 bits per heavy atom. The van der Waals surface area contributed by atoms with Crippen LogP contribution in [0.2, 0.25) is 0 Å². The molecular weight excluding hydrogens is 414 g/mol.